The Morgan fingerprint density at radius 1 is 1.05 bits per heavy atom. The van der Waals surface area contributed by atoms with Crippen molar-refractivity contribution >= 4 is 12.3 Å². The lowest BCUT2D eigenvalue weighted by atomic mass is 9.99. The molecule has 0 spiro atoms. The molecule has 0 aliphatic carbocycles. The first-order valence-corrected chi connectivity index (χ1v) is 5.90. The van der Waals surface area contributed by atoms with Crippen molar-refractivity contribution < 1.29 is 14.3 Å². The molecule has 0 fully saturated rings. The predicted molar refractivity (Wildman–Crippen MR) is 73.3 cm³/mol. The van der Waals surface area contributed by atoms with Crippen LogP contribution in [0.25, 0.3) is 11.1 Å². The lowest BCUT2D eigenvalue weighted by Crippen LogP contribution is -2.00. The smallest absolute Gasteiger partial charge is 0.337 e. The minimum atomic E-state index is -0.357. The average Bonchev–Trinajstić information content (AvgIpc) is 2.47. The number of rotatable bonds is 3. The second-order valence-corrected chi connectivity index (χ2v) is 4.26. The highest BCUT2D eigenvalue weighted by Crippen LogP contribution is 2.22. The number of carbonyl (C=O) groups is 2. The number of esters is 1. The highest BCUT2D eigenvalue weighted by atomic mass is 16.5. The summed E-state index contributed by atoms with van der Waals surface area (Å²) in [5.41, 5.74) is 4.04. The van der Waals surface area contributed by atoms with Gasteiger partial charge in [0, 0.05) is 5.56 Å². The minimum absolute atomic E-state index is 0.357. The summed E-state index contributed by atoms with van der Waals surface area (Å²) >= 11 is 0. The van der Waals surface area contributed by atoms with Crippen LogP contribution in [-0.2, 0) is 4.74 Å². The molecule has 0 aliphatic heterocycles. The van der Waals surface area contributed by atoms with Crippen molar-refractivity contribution in [3.8, 4) is 11.1 Å². The topological polar surface area (TPSA) is 43.4 Å². The van der Waals surface area contributed by atoms with Crippen molar-refractivity contribution in [3.63, 3.8) is 0 Å². The standard InChI is InChI=1S/C16H14O3/c1-11-3-4-14(9-15(11)10-17)12-5-7-13(8-6-12)16(18)19-2/h3-10H,1-2H3. The average molecular weight is 254 g/mol. The third-order valence-electron chi connectivity index (χ3n) is 3.05. The largest absolute Gasteiger partial charge is 0.465 e. The first kappa shape index (κ1) is 13.0. The molecule has 2 rings (SSSR count). The molecule has 3 nitrogen and oxygen atoms in total. The van der Waals surface area contributed by atoms with Crippen LogP contribution in [0.5, 0.6) is 0 Å². The van der Waals surface area contributed by atoms with E-state index in [1.54, 1.807) is 12.1 Å². The van der Waals surface area contributed by atoms with Gasteiger partial charge in [0.05, 0.1) is 12.7 Å². The van der Waals surface area contributed by atoms with Crippen molar-refractivity contribution in [1.29, 1.82) is 0 Å². The Morgan fingerprint density at radius 2 is 1.68 bits per heavy atom. The normalized spacial score (nSPS) is 10.0. The van der Waals surface area contributed by atoms with Gasteiger partial charge in [-0.3, -0.25) is 4.79 Å². The summed E-state index contributed by atoms with van der Waals surface area (Å²) in [6.45, 7) is 1.90. The Hall–Kier alpha value is -2.42. The zero-order valence-corrected chi connectivity index (χ0v) is 10.8. The van der Waals surface area contributed by atoms with Crippen LogP contribution in [0.15, 0.2) is 42.5 Å². The summed E-state index contributed by atoms with van der Waals surface area (Å²) in [5, 5.41) is 0. The van der Waals surface area contributed by atoms with Crippen molar-refractivity contribution in [2.45, 2.75) is 6.92 Å². The molecule has 3 heteroatoms. The molecule has 0 unspecified atom stereocenters. The molecule has 0 radical (unpaired) electrons. The Bertz CT molecular complexity index is 612. The van der Waals surface area contributed by atoms with E-state index in [-0.39, 0.29) is 5.97 Å². The van der Waals surface area contributed by atoms with Crippen molar-refractivity contribution in [3.05, 3.63) is 59.2 Å². The van der Waals surface area contributed by atoms with E-state index in [0.29, 0.717) is 11.1 Å². The van der Waals surface area contributed by atoms with E-state index < -0.39 is 0 Å². The fraction of sp³-hybridized carbons (Fsp3) is 0.125. The van der Waals surface area contributed by atoms with Crippen LogP contribution in [-0.4, -0.2) is 19.4 Å². The summed E-state index contributed by atoms with van der Waals surface area (Å²) in [4.78, 5) is 22.3. The van der Waals surface area contributed by atoms with Crippen molar-refractivity contribution in [2.75, 3.05) is 7.11 Å². The molecule has 0 aromatic heterocycles. The number of ether oxygens (including phenoxy) is 1. The van der Waals surface area contributed by atoms with Crippen LogP contribution in [0.1, 0.15) is 26.3 Å². The van der Waals surface area contributed by atoms with Gasteiger partial charge >= 0.3 is 5.97 Å². The van der Waals surface area contributed by atoms with Crippen molar-refractivity contribution in [1.82, 2.24) is 0 Å². The zero-order chi connectivity index (χ0) is 13.8. The summed E-state index contributed by atoms with van der Waals surface area (Å²) in [5.74, 6) is -0.357. The third kappa shape index (κ3) is 2.71. The summed E-state index contributed by atoms with van der Waals surface area (Å²) in [6.07, 6.45) is 0.849. The minimum Gasteiger partial charge on any atom is -0.465 e. The maximum absolute atomic E-state index is 11.3. The second kappa shape index (κ2) is 5.48. The van der Waals surface area contributed by atoms with E-state index in [1.807, 2.05) is 37.3 Å². The predicted octanol–water partition coefficient (Wildman–Crippen LogP) is 3.26. The van der Waals surface area contributed by atoms with Gasteiger partial charge in [-0.1, -0.05) is 24.3 Å². The van der Waals surface area contributed by atoms with E-state index >= 15 is 0 Å². The van der Waals surface area contributed by atoms with Gasteiger partial charge in [-0.05, 0) is 41.8 Å². The quantitative estimate of drug-likeness (QED) is 0.623. The monoisotopic (exact) mass is 254 g/mol. The second-order valence-electron chi connectivity index (χ2n) is 4.26. The molecule has 19 heavy (non-hydrogen) atoms. The Balaban J connectivity index is 2.37. The number of aldehydes is 1. The first-order valence-electron chi connectivity index (χ1n) is 5.90. The number of methoxy groups -OCH3 is 1. The number of benzene rings is 2. The van der Waals surface area contributed by atoms with E-state index in [4.69, 9.17) is 0 Å². The summed E-state index contributed by atoms with van der Waals surface area (Å²) in [7, 11) is 1.35. The van der Waals surface area contributed by atoms with Crippen LogP contribution >= 0.6 is 0 Å². The Kier molecular flexibility index (Phi) is 3.76. The van der Waals surface area contributed by atoms with Gasteiger partial charge in [-0.25, -0.2) is 4.79 Å². The van der Waals surface area contributed by atoms with Crippen LogP contribution in [0.3, 0.4) is 0 Å². The SMILES string of the molecule is COC(=O)c1ccc(-c2ccc(C)c(C=O)c2)cc1. The Morgan fingerprint density at radius 3 is 2.26 bits per heavy atom. The first-order chi connectivity index (χ1) is 9.15. The van der Waals surface area contributed by atoms with Gasteiger partial charge in [-0.2, -0.15) is 0 Å². The molecule has 0 amide bonds. The summed E-state index contributed by atoms with van der Waals surface area (Å²) in [6, 6.07) is 12.8. The maximum Gasteiger partial charge on any atom is 0.337 e. The molecule has 0 bridgehead atoms. The van der Waals surface area contributed by atoms with Crippen molar-refractivity contribution in [2.24, 2.45) is 0 Å². The fourth-order valence-electron chi connectivity index (χ4n) is 1.86. The molecule has 2 aromatic carbocycles. The molecule has 0 N–H and O–H groups in total. The highest BCUT2D eigenvalue weighted by molar-refractivity contribution is 5.90. The van der Waals surface area contributed by atoms with E-state index in [9.17, 15) is 9.59 Å². The number of hydrogen-bond acceptors (Lipinski definition) is 3. The van der Waals surface area contributed by atoms with Crippen LogP contribution in [0.4, 0.5) is 0 Å². The third-order valence-corrected chi connectivity index (χ3v) is 3.05. The van der Waals surface area contributed by atoms with Gasteiger partial charge in [0.2, 0.25) is 0 Å². The van der Waals surface area contributed by atoms with Gasteiger partial charge in [0.25, 0.3) is 0 Å². The molecule has 0 heterocycles. The molecule has 0 saturated carbocycles. The van der Waals surface area contributed by atoms with Crippen LogP contribution in [0.2, 0.25) is 0 Å². The lowest BCUT2D eigenvalue weighted by molar-refractivity contribution is 0.0600. The molecule has 0 aliphatic rings. The maximum atomic E-state index is 11.3. The van der Waals surface area contributed by atoms with Gasteiger partial charge in [0.15, 0.2) is 0 Å². The molecule has 96 valence electrons. The van der Waals surface area contributed by atoms with Crippen LogP contribution in [0, 0.1) is 6.92 Å². The van der Waals surface area contributed by atoms with Gasteiger partial charge in [0.1, 0.15) is 6.29 Å². The zero-order valence-electron chi connectivity index (χ0n) is 10.8. The molecule has 0 atom stereocenters. The fourth-order valence-corrected chi connectivity index (χ4v) is 1.86. The van der Waals surface area contributed by atoms with E-state index in [1.165, 1.54) is 7.11 Å². The Labute approximate surface area is 111 Å². The van der Waals surface area contributed by atoms with Gasteiger partial charge in [-0.15, -0.1) is 0 Å². The highest BCUT2D eigenvalue weighted by Gasteiger charge is 2.06. The number of hydrogen-bond donors (Lipinski definition) is 0. The van der Waals surface area contributed by atoms with Gasteiger partial charge < -0.3 is 4.74 Å². The summed E-state index contributed by atoms with van der Waals surface area (Å²) < 4.78 is 4.65. The molecule has 2 aromatic rings. The molecular formula is C16H14O3. The molecular weight excluding hydrogens is 240 g/mol. The lowest BCUT2D eigenvalue weighted by Gasteiger charge is -2.06. The number of carbonyl (C=O) groups excluding carboxylic acids is 2. The van der Waals surface area contributed by atoms with E-state index in [0.717, 1.165) is 23.0 Å². The van der Waals surface area contributed by atoms with E-state index in [2.05, 4.69) is 4.74 Å². The van der Waals surface area contributed by atoms with Crippen LogP contribution < -0.4 is 0 Å². The number of aryl methyl sites for hydroxylation is 1. The molecule has 0 saturated heterocycles.